The van der Waals surface area contributed by atoms with Gasteiger partial charge < -0.3 is 10.5 Å². The van der Waals surface area contributed by atoms with Gasteiger partial charge in [-0.2, -0.15) is 0 Å². The summed E-state index contributed by atoms with van der Waals surface area (Å²) < 4.78 is 5.66. The Balaban J connectivity index is 2.10. The van der Waals surface area contributed by atoms with E-state index in [2.05, 4.69) is 0 Å². The Morgan fingerprint density at radius 2 is 1.50 bits per heavy atom. The predicted octanol–water partition coefficient (Wildman–Crippen LogP) is 3.14. The number of carbonyl (C=O) groups excluding carboxylic acids is 1. The molecule has 2 N–H and O–H groups in total. The molecule has 0 aromatic heterocycles. The van der Waals surface area contributed by atoms with Gasteiger partial charge in [-0.15, -0.1) is 0 Å². The van der Waals surface area contributed by atoms with E-state index in [1.54, 1.807) is 31.2 Å². The first kappa shape index (κ1) is 12.3. The van der Waals surface area contributed by atoms with Crippen molar-refractivity contribution in [2.45, 2.75) is 13.5 Å². The highest BCUT2D eigenvalue weighted by molar-refractivity contribution is 5.94. The van der Waals surface area contributed by atoms with Crippen LogP contribution in [0, 0.1) is 0 Å². The summed E-state index contributed by atoms with van der Waals surface area (Å²) in [4.78, 5) is 11.1. The van der Waals surface area contributed by atoms with Crippen LogP contribution >= 0.6 is 0 Å². The van der Waals surface area contributed by atoms with Crippen LogP contribution < -0.4 is 10.5 Å². The molecule has 3 nitrogen and oxygen atoms in total. The molecule has 0 saturated carbocycles. The largest absolute Gasteiger partial charge is 0.457 e. The summed E-state index contributed by atoms with van der Waals surface area (Å²) in [7, 11) is 0. The first-order chi connectivity index (χ1) is 8.69. The van der Waals surface area contributed by atoms with Gasteiger partial charge in [0.1, 0.15) is 11.5 Å². The summed E-state index contributed by atoms with van der Waals surface area (Å²) in [6.45, 7) is 2.06. The maximum atomic E-state index is 11.1. The summed E-state index contributed by atoms with van der Waals surface area (Å²) in [5.74, 6) is 1.51. The van der Waals surface area contributed by atoms with Crippen molar-refractivity contribution in [2.75, 3.05) is 0 Å². The van der Waals surface area contributed by atoms with Gasteiger partial charge in [0.15, 0.2) is 5.78 Å². The number of benzene rings is 2. The van der Waals surface area contributed by atoms with Crippen molar-refractivity contribution in [1.82, 2.24) is 0 Å². The van der Waals surface area contributed by atoms with Crippen molar-refractivity contribution in [3.8, 4) is 11.5 Å². The van der Waals surface area contributed by atoms with Crippen molar-refractivity contribution in [1.29, 1.82) is 0 Å². The number of ether oxygens (including phenoxy) is 1. The Morgan fingerprint density at radius 1 is 1.00 bits per heavy atom. The molecule has 2 aromatic carbocycles. The van der Waals surface area contributed by atoms with Crippen molar-refractivity contribution < 1.29 is 9.53 Å². The minimum Gasteiger partial charge on any atom is -0.457 e. The number of rotatable bonds is 4. The molecule has 0 heterocycles. The number of hydrogen-bond acceptors (Lipinski definition) is 3. The molecule has 0 radical (unpaired) electrons. The number of carbonyl (C=O) groups is 1. The van der Waals surface area contributed by atoms with Crippen LogP contribution in [0.15, 0.2) is 48.5 Å². The van der Waals surface area contributed by atoms with Gasteiger partial charge in [0.2, 0.25) is 0 Å². The minimum atomic E-state index is 0.0499. The van der Waals surface area contributed by atoms with Gasteiger partial charge in [0.25, 0.3) is 0 Å². The number of hydrogen-bond donors (Lipinski definition) is 1. The molecule has 0 aliphatic rings. The van der Waals surface area contributed by atoms with Gasteiger partial charge in [-0.05, 0) is 48.9 Å². The molecule has 0 unspecified atom stereocenters. The van der Waals surface area contributed by atoms with E-state index in [-0.39, 0.29) is 5.78 Å². The topological polar surface area (TPSA) is 52.3 Å². The van der Waals surface area contributed by atoms with E-state index < -0.39 is 0 Å². The lowest BCUT2D eigenvalue weighted by Crippen LogP contribution is -1.95. The monoisotopic (exact) mass is 241 g/mol. The van der Waals surface area contributed by atoms with Crippen LogP contribution in [-0.4, -0.2) is 5.78 Å². The fraction of sp³-hybridized carbons (Fsp3) is 0.133. The fourth-order valence-electron chi connectivity index (χ4n) is 1.59. The molecule has 92 valence electrons. The molecule has 0 aliphatic carbocycles. The SMILES string of the molecule is CC(=O)c1ccc(Oc2ccc(CN)cc2)cc1. The van der Waals surface area contributed by atoms with Crippen molar-refractivity contribution in [2.24, 2.45) is 5.73 Å². The molecule has 2 rings (SSSR count). The van der Waals surface area contributed by atoms with E-state index >= 15 is 0 Å². The fourth-order valence-corrected chi connectivity index (χ4v) is 1.59. The average Bonchev–Trinajstić information content (AvgIpc) is 2.40. The van der Waals surface area contributed by atoms with Gasteiger partial charge in [-0.25, -0.2) is 0 Å². The highest BCUT2D eigenvalue weighted by Crippen LogP contribution is 2.22. The zero-order valence-electron chi connectivity index (χ0n) is 10.2. The first-order valence-electron chi connectivity index (χ1n) is 5.77. The van der Waals surface area contributed by atoms with Crippen LogP contribution in [0.3, 0.4) is 0 Å². The third-order valence-corrected chi connectivity index (χ3v) is 2.66. The summed E-state index contributed by atoms with van der Waals surface area (Å²) in [6.07, 6.45) is 0. The molecule has 3 heteroatoms. The summed E-state index contributed by atoms with van der Waals surface area (Å²) in [5, 5.41) is 0. The maximum Gasteiger partial charge on any atom is 0.159 e. The maximum absolute atomic E-state index is 11.1. The molecule has 0 atom stereocenters. The predicted molar refractivity (Wildman–Crippen MR) is 70.9 cm³/mol. The molecule has 0 saturated heterocycles. The Morgan fingerprint density at radius 3 is 1.94 bits per heavy atom. The third kappa shape index (κ3) is 2.96. The Bertz CT molecular complexity index is 529. The van der Waals surface area contributed by atoms with Crippen molar-refractivity contribution in [3.63, 3.8) is 0 Å². The summed E-state index contributed by atoms with van der Waals surface area (Å²) >= 11 is 0. The standard InChI is InChI=1S/C15H15NO2/c1-11(17)13-4-8-15(9-5-13)18-14-6-2-12(10-16)3-7-14/h2-9H,10,16H2,1H3. The number of ketones is 1. The average molecular weight is 241 g/mol. The first-order valence-corrected chi connectivity index (χ1v) is 5.77. The van der Waals surface area contributed by atoms with Gasteiger partial charge in [0.05, 0.1) is 0 Å². The summed E-state index contributed by atoms with van der Waals surface area (Å²) in [5.41, 5.74) is 7.27. The van der Waals surface area contributed by atoms with Gasteiger partial charge in [0, 0.05) is 12.1 Å². The van der Waals surface area contributed by atoms with E-state index in [9.17, 15) is 4.79 Å². The lowest BCUT2D eigenvalue weighted by molar-refractivity contribution is 0.101. The van der Waals surface area contributed by atoms with Crippen LogP contribution in [0.2, 0.25) is 0 Å². The van der Waals surface area contributed by atoms with Crippen LogP contribution in [0.5, 0.6) is 11.5 Å². The molecule has 0 amide bonds. The summed E-state index contributed by atoms with van der Waals surface area (Å²) in [6, 6.07) is 14.7. The van der Waals surface area contributed by atoms with Gasteiger partial charge in [-0.1, -0.05) is 12.1 Å². The van der Waals surface area contributed by atoms with Crippen molar-refractivity contribution >= 4 is 5.78 Å². The van der Waals surface area contributed by atoms with Crippen LogP contribution in [-0.2, 0) is 6.54 Å². The molecule has 18 heavy (non-hydrogen) atoms. The molecule has 0 aliphatic heterocycles. The second-order valence-corrected chi connectivity index (χ2v) is 4.03. The lowest BCUT2D eigenvalue weighted by Gasteiger charge is -2.06. The molecule has 2 aromatic rings. The lowest BCUT2D eigenvalue weighted by atomic mass is 10.1. The van der Waals surface area contributed by atoms with Crippen molar-refractivity contribution in [3.05, 3.63) is 59.7 Å². The Kier molecular flexibility index (Phi) is 3.75. The molecular weight excluding hydrogens is 226 g/mol. The van der Waals surface area contributed by atoms with Crippen LogP contribution in [0.25, 0.3) is 0 Å². The zero-order valence-corrected chi connectivity index (χ0v) is 10.2. The van der Waals surface area contributed by atoms with Gasteiger partial charge in [-0.3, -0.25) is 4.79 Å². The van der Waals surface area contributed by atoms with Crippen LogP contribution in [0.4, 0.5) is 0 Å². The van der Waals surface area contributed by atoms with E-state index in [4.69, 9.17) is 10.5 Å². The highest BCUT2D eigenvalue weighted by Gasteiger charge is 2.01. The zero-order chi connectivity index (χ0) is 13.0. The van der Waals surface area contributed by atoms with E-state index in [1.807, 2.05) is 24.3 Å². The molecular formula is C15H15NO2. The highest BCUT2D eigenvalue weighted by atomic mass is 16.5. The smallest absolute Gasteiger partial charge is 0.159 e. The van der Waals surface area contributed by atoms with Gasteiger partial charge >= 0.3 is 0 Å². The quantitative estimate of drug-likeness (QED) is 0.836. The molecule has 0 bridgehead atoms. The third-order valence-electron chi connectivity index (χ3n) is 2.66. The Hall–Kier alpha value is -2.13. The molecule has 0 spiro atoms. The normalized spacial score (nSPS) is 10.1. The number of Topliss-reactive ketones (excluding diaryl/α,β-unsaturated/α-hetero) is 1. The van der Waals surface area contributed by atoms with E-state index in [1.165, 1.54) is 0 Å². The minimum absolute atomic E-state index is 0.0499. The molecule has 0 fully saturated rings. The number of nitrogens with two attached hydrogens (primary N) is 1. The van der Waals surface area contributed by atoms with E-state index in [0.29, 0.717) is 17.9 Å². The second kappa shape index (κ2) is 5.47. The second-order valence-electron chi connectivity index (χ2n) is 4.03. The van der Waals surface area contributed by atoms with E-state index in [0.717, 1.165) is 11.3 Å². The van der Waals surface area contributed by atoms with Crippen LogP contribution in [0.1, 0.15) is 22.8 Å². The Labute approximate surface area is 106 Å².